The molecule has 0 aromatic heterocycles. The minimum absolute atomic E-state index is 0.342. The van der Waals surface area contributed by atoms with E-state index in [-0.39, 0.29) is 0 Å². The number of carbonyl (C=O) groups is 1. The third kappa shape index (κ3) is 3.42. The van der Waals surface area contributed by atoms with Gasteiger partial charge >= 0.3 is 5.97 Å². The van der Waals surface area contributed by atoms with Crippen LogP contribution < -0.4 is 5.73 Å². The van der Waals surface area contributed by atoms with Gasteiger partial charge in [-0.2, -0.15) is 0 Å². The molecule has 0 fully saturated rings. The molecule has 0 amide bonds. The number of aliphatic carboxylic acids is 1. The molecule has 98 valence electrons. The fourth-order valence-electron chi connectivity index (χ4n) is 1.97. The number of aryl methyl sites for hydroxylation is 1. The van der Waals surface area contributed by atoms with Crippen LogP contribution in [0.3, 0.4) is 0 Å². The molecule has 0 heterocycles. The van der Waals surface area contributed by atoms with Gasteiger partial charge in [0.05, 0.1) is 0 Å². The minimum atomic E-state index is -0.972. The smallest absolute Gasteiger partial charge is 0.320 e. The molecule has 0 spiro atoms. The molecular weight excluding hydrogens is 238 g/mol. The lowest BCUT2D eigenvalue weighted by molar-refractivity contribution is -0.138. The summed E-state index contributed by atoms with van der Waals surface area (Å²) >= 11 is 0. The van der Waals surface area contributed by atoms with Crippen molar-refractivity contribution in [3.63, 3.8) is 0 Å². The first-order valence-electron chi connectivity index (χ1n) is 6.20. The summed E-state index contributed by atoms with van der Waals surface area (Å²) in [6.07, 6.45) is 0.342. The molecule has 1 atom stereocenters. The zero-order valence-corrected chi connectivity index (χ0v) is 10.8. The topological polar surface area (TPSA) is 63.3 Å². The van der Waals surface area contributed by atoms with E-state index >= 15 is 0 Å². The second-order valence-corrected chi connectivity index (χ2v) is 4.72. The lowest BCUT2D eigenvalue weighted by Gasteiger charge is -2.09. The summed E-state index contributed by atoms with van der Waals surface area (Å²) in [5, 5.41) is 8.84. The molecule has 0 saturated carbocycles. The van der Waals surface area contributed by atoms with Gasteiger partial charge in [-0.1, -0.05) is 54.1 Å². The van der Waals surface area contributed by atoms with Gasteiger partial charge in [-0.3, -0.25) is 4.79 Å². The molecule has 2 rings (SSSR count). The number of rotatable bonds is 4. The van der Waals surface area contributed by atoms with E-state index in [0.29, 0.717) is 6.42 Å². The van der Waals surface area contributed by atoms with Crippen molar-refractivity contribution in [1.29, 1.82) is 0 Å². The number of hydrogen-bond acceptors (Lipinski definition) is 2. The highest BCUT2D eigenvalue weighted by Crippen LogP contribution is 2.21. The second-order valence-electron chi connectivity index (χ2n) is 4.72. The van der Waals surface area contributed by atoms with Crippen molar-refractivity contribution in [2.45, 2.75) is 19.4 Å². The molecule has 3 nitrogen and oxygen atoms in total. The van der Waals surface area contributed by atoms with Crippen molar-refractivity contribution < 1.29 is 9.90 Å². The molecule has 3 N–H and O–H groups in total. The van der Waals surface area contributed by atoms with Crippen LogP contribution in [-0.2, 0) is 11.2 Å². The number of carboxylic acid groups (broad SMARTS) is 1. The Morgan fingerprint density at radius 1 is 1.16 bits per heavy atom. The summed E-state index contributed by atoms with van der Waals surface area (Å²) in [4.78, 5) is 10.8. The highest BCUT2D eigenvalue weighted by Gasteiger charge is 2.12. The molecule has 0 aliphatic rings. The van der Waals surface area contributed by atoms with Gasteiger partial charge in [0.15, 0.2) is 0 Å². The van der Waals surface area contributed by atoms with Crippen molar-refractivity contribution >= 4 is 5.97 Å². The fourth-order valence-corrected chi connectivity index (χ4v) is 1.97. The predicted molar refractivity (Wildman–Crippen MR) is 75.9 cm³/mol. The molecule has 3 heteroatoms. The van der Waals surface area contributed by atoms with Crippen LogP contribution in [0.2, 0.25) is 0 Å². The van der Waals surface area contributed by atoms with Crippen molar-refractivity contribution in [3.05, 3.63) is 59.7 Å². The molecule has 0 unspecified atom stereocenters. The highest BCUT2D eigenvalue weighted by molar-refractivity contribution is 5.73. The molecule has 2 aromatic carbocycles. The molecule has 19 heavy (non-hydrogen) atoms. The summed E-state index contributed by atoms with van der Waals surface area (Å²) in [5.74, 6) is -0.972. The molecule has 0 radical (unpaired) electrons. The molecule has 0 saturated heterocycles. The predicted octanol–water partition coefficient (Wildman–Crippen LogP) is 2.62. The molecule has 0 aliphatic heterocycles. The minimum Gasteiger partial charge on any atom is -0.480 e. The maximum Gasteiger partial charge on any atom is 0.320 e. The van der Waals surface area contributed by atoms with Crippen molar-refractivity contribution in [1.82, 2.24) is 0 Å². The maximum absolute atomic E-state index is 10.8. The largest absolute Gasteiger partial charge is 0.480 e. The zero-order chi connectivity index (χ0) is 13.8. The molecular formula is C16H17NO2. The number of nitrogens with two attached hydrogens (primary N) is 1. The first kappa shape index (κ1) is 13.3. The lowest BCUT2D eigenvalue weighted by atomic mass is 9.99. The monoisotopic (exact) mass is 255 g/mol. The lowest BCUT2D eigenvalue weighted by Crippen LogP contribution is -2.32. The van der Waals surface area contributed by atoms with Crippen LogP contribution in [0.4, 0.5) is 0 Å². The van der Waals surface area contributed by atoms with Gasteiger partial charge in [0, 0.05) is 0 Å². The SMILES string of the molecule is Cc1ccc(-c2cccc(C[C@H](N)C(=O)O)c2)cc1. The standard InChI is InChI=1S/C16H17NO2/c1-11-5-7-13(8-6-11)14-4-2-3-12(9-14)10-15(17)16(18)19/h2-9,15H,10,17H2,1H3,(H,18,19)/t15-/m0/s1. The van der Waals surface area contributed by atoms with Crippen LogP contribution in [0.25, 0.3) is 11.1 Å². The Bertz CT molecular complexity index is 576. The van der Waals surface area contributed by atoms with E-state index in [1.807, 2.05) is 31.2 Å². The number of carboxylic acids is 1. The Hall–Kier alpha value is -2.13. The first-order chi connectivity index (χ1) is 9.06. The third-order valence-corrected chi connectivity index (χ3v) is 3.08. The third-order valence-electron chi connectivity index (χ3n) is 3.08. The van der Waals surface area contributed by atoms with Gasteiger partial charge in [0.2, 0.25) is 0 Å². The van der Waals surface area contributed by atoms with Crippen molar-refractivity contribution in [3.8, 4) is 11.1 Å². The van der Waals surface area contributed by atoms with E-state index in [4.69, 9.17) is 10.8 Å². The summed E-state index contributed by atoms with van der Waals surface area (Å²) in [5.41, 5.74) is 9.91. The van der Waals surface area contributed by atoms with Gasteiger partial charge < -0.3 is 10.8 Å². The van der Waals surface area contributed by atoms with Crippen LogP contribution in [0.5, 0.6) is 0 Å². The van der Waals surface area contributed by atoms with E-state index in [1.54, 1.807) is 0 Å². The summed E-state index contributed by atoms with van der Waals surface area (Å²) in [6.45, 7) is 2.05. The van der Waals surface area contributed by atoms with E-state index in [1.165, 1.54) is 5.56 Å². The summed E-state index contributed by atoms with van der Waals surface area (Å²) < 4.78 is 0. The molecule has 2 aromatic rings. The van der Waals surface area contributed by atoms with Crippen LogP contribution >= 0.6 is 0 Å². The van der Waals surface area contributed by atoms with Gasteiger partial charge in [-0.15, -0.1) is 0 Å². The van der Waals surface area contributed by atoms with Gasteiger partial charge in [-0.05, 0) is 30.0 Å². The molecule has 0 bridgehead atoms. The normalized spacial score (nSPS) is 12.1. The Morgan fingerprint density at radius 2 is 1.84 bits per heavy atom. The number of hydrogen-bond donors (Lipinski definition) is 2. The molecule has 0 aliphatic carbocycles. The van der Waals surface area contributed by atoms with Gasteiger partial charge in [0.25, 0.3) is 0 Å². The number of benzene rings is 2. The van der Waals surface area contributed by atoms with E-state index in [2.05, 4.69) is 24.3 Å². The highest BCUT2D eigenvalue weighted by atomic mass is 16.4. The summed E-state index contributed by atoms with van der Waals surface area (Å²) in [6, 6.07) is 15.2. The first-order valence-corrected chi connectivity index (χ1v) is 6.20. The second kappa shape index (κ2) is 5.67. The maximum atomic E-state index is 10.8. The Kier molecular flexibility index (Phi) is 3.97. The average molecular weight is 255 g/mol. The summed E-state index contributed by atoms with van der Waals surface area (Å²) in [7, 11) is 0. The van der Waals surface area contributed by atoms with E-state index in [9.17, 15) is 4.79 Å². The van der Waals surface area contributed by atoms with Gasteiger partial charge in [0.1, 0.15) is 6.04 Å². The Labute approximate surface area is 112 Å². The van der Waals surface area contributed by atoms with Crippen LogP contribution in [0.15, 0.2) is 48.5 Å². The van der Waals surface area contributed by atoms with Gasteiger partial charge in [-0.25, -0.2) is 0 Å². The van der Waals surface area contributed by atoms with Crippen LogP contribution in [-0.4, -0.2) is 17.1 Å². The zero-order valence-electron chi connectivity index (χ0n) is 10.8. The Balaban J connectivity index is 2.24. The van der Waals surface area contributed by atoms with Crippen LogP contribution in [0.1, 0.15) is 11.1 Å². The quantitative estimate of drug-likeness (QED) is 0.882. The Morgan fingerprint density at radius 3 is 2.47 bits per heavy atom. The van der Waals surface area contributed by atoms with Crippen LogP contribution in [0, 0.1) is 6.92 Å². The fraction of sp³-hybridized carbons (Fsp3) is 0.188. The average Bonchev–Trinajstić information content (AvgIpc) is 2.39. The van der Waals surface area contributed by atoms with E-state index < -0.39 is 12.0 Å². The van der Waals surface area contributed by atoms with Crippen molar-refractivity contribution in [2.24, 2.45) is 5.73 Å². The van der Waals surface area contributed by atoms with E-state index in [0.717, 1.165) is 16.7 Å². The van der Waals surface area contributed by atoms with Crippen molar-refractivity contribution in [2.75, 3.05) is 0 Å².